The van der Waals surface area contributed by atoms with Crippen molar-refractivity contribution in [1.29, 1.82) is 5.41 Å². The molecule has 0 fully saturated rings. The predicted molar refractivity (Wildman–Crippen MR) is 149 cm³/mol. The molecule has 2 aliphatic heterocycles. The van der Waals surface area contributed by atoms with E-state index in [0.29, 0.717) is 16.7 Å². The molecule has 0 atom stereocenters. The molecule has 0 saturated carbocycles. The van der Waals surface area contributed by atoms with Gasteiger partial charge in [0.15, 0.2) is 5.84 Å². The summed E-state index contributed by atoms with van der Waals surface area (Å²) in [6.07, 6.45) is 1.38. The molecule has 10 nitrogen and oxygen atoms in total. The molecule has 2 aromatic carbocycles. The van der Waals surface area contributed by atoms with Crippen LogP contribution < -0.4 is 9.47 Å². The Morgan fingerprint density at radius 3 is 2.45 bits per heavy atom. The van der Waals surface area contributed by atoms with Crippen LogP contribution >= 0.6 is 11.8 Å². The lowest BCUT2D eigenvalue weighted by Gasteiger charge is -2.20. The highest BCUT2D eigenvalue weighted by Gasteiger charge is 2.36. The molecular formula is C27H29N5O5S. The van der Waals surface area contributed by atoms with Gasteiger partial charge < -0.3 is 9.47 Å². The number of ether oxygens (including phenoxy) is 2. The van der Waals surface area contributed by atoms with Crippen LogP contribution in [0.3, 0.4) is 0 Å². The van der Waals surface area contributed by atoms with E-state index in [2.05, 4.69) is 30.9 Å². The minimum atomic E-state index is -0.617. The fourth-order valence-electron chi connectivity index (χ4n) is 3.65. The highest BCUT2D eigenvalue weighted by Crippen LogP contribution is 2.33. The highest BCUT2D eigenvalue weighted by molar-refractivity contribution is 8.27. The first-order valence-corrected chi connectivity index (χ1v) is 12.9. The molecule has 2 aromatic rings. The van der Waals surface area contributed by atoms with E-state index in [4.69, 9.17) is 14.9 Å². The van der Waals surface area contributed by atoms with E-state index in [1.807, 2.05) is 38.1 Å². The lowest BCUT2D eigenvalue weighted by atomic mass is 9.87. The molecule has 0 aliphatic carbocycles. The number of nitrogens with one attached hydrogen (secondary N) is 1. The maximum absolute atomic E-state index is 12.8. The summed E-state index contributed by atoms with van der Waals surface area (Å²) in [6, 6.07) is 11.9. The number of nitro groups is 1. The third-order valence-electron chi connectivity index (χ3n) is 5.80. The van der Waals surface area contributed by atoms with Gasteiger partial charge in [0.25, 0.3) is 11.6 Å². The van der Waals surface area contributed by atoms with Gasteiger partial charge in [-0.15, -0.1) is 0 Å². The molecule has 0 bridgehead atoms. The van der Waals surface area contributed by atoms with Crippen molar-refractivity contribution < 1.29 is 19.2 Å². The molecule has 1 amide bonds. The summed E-state index contributed by atoms with van der Waals surface area (Å²) in [5.41, 5.74) is 1.31. The number of nitro benzene ring substituents is 1. The predicted octanol–water partition coefficient (Wildman–Crippen LogP) is 5.63. The average Bonchev–Trinajstić information content (AvgIpc) is 3.29. The summed E-state index contributed by atoms with van der Waals surface area (Å²) in [4.78, 5) is 27.7. The van der Waals surface area contributed by atoms with Gasteiger partial charge in [-0.05, 0) is 47.0 Å². The second-order valence-electron chi connectivity index (χ2n) is 10.1. The van der Waals surface area contributed by atoms with Crippen molar-refractivity contribution in [3.05, 3.63) is 69.3 Å². The van der Waals surface area contributed by atoms with Gasteiger partial charge in [-0.1, -0.05) is 46.8 Å². The van der Waals surface area contributed by atoms with Gasteiger partial charge in [-0.3, -0.25) is 20.3 Å². The second kappa shape index (κ2) is 10.8. The zero-order valence-electron chi connectivity index (χ0n) is 21.8. The average molecular weight is 536 g/mol. The highest BCUT2D eigenvalue weighted by atomic mass is 32.2. The monoisotopic (exact) mass is 535 g/mol. The van der Waals surface area contributed by atoms with Crippen molar-refractivity contribution in [1.82, 2.24) is 5.01 Å². The normalized spacial score (nSPS) is 16.5. The number of carbonyl (C=O) groups excluding carboxylic acids is 1. The number of fused-ring (bicyclic) bond motifs is 1. The first-order valence-electron chi connectivity index (χ1n) is 12.1. The van der Waals surface area contributed by atoms with E-state index in [9.17, 15) is 14.9 Å². The maximum atomic E-state index is 12.8. The van der Waals surface area contributed by atoms with Gasteiger partial charge in [-0.2, -0.15) is 15.1 Å². The van der Waals surface area contributed by atoms with Gasteiger partial charge in [0.2, 0.25) is 5.17 Å². The lowest BCUT2D eigenvalue weighted by Crippen LogP contribution is -2.35. The lowest BCUT2D eigenvalue weighted by molar-refractivity contribution is -0.384. The van der Waals surface area contributed by atoms with Crippen LogP contribution in [0.25, 0.3) is 6.08 Å². The minimum absolute atomic E-state index is 0.0383. The fraction of sp³-hybridized carbons (Fsp3) is 0.333. The second-order valence-corrected chi connectivity index (χ2v) is 11.1. The van der Waals surface area contributed by atoms with Gasteiger partial charge in [0.05, 0.1) is 10.5 Å². The van der Waals surface area contributed by atoms with Crippen molar-refractivity contribution in [2.45, 2.75) is 40.0 Å². The number of hydrazone groups is 1. The van der Waals surface area contributed by atoms with Crippen molar-refractivity contribution in [3.63, 3.8) is 0 Å². The number of aliphatic imine (C=N–C) groups is 1. The largest absolute Gasteiger partial charge is 0.490 e. The maximum Gasteiger partial charge on any atom is 0.283 e. The number of carbonyl (C=O) groups is 1. The molecule has 0 aromatic heterocycles. The molecule has 0 unspecified atom stereocenters. The summed E-state index contributed by atoms with van der Waals surface area (Å²) in [6.45, 7) is 10.7. The number of rotatable bonds is 8. The Morgan fingerprint density at radius 2 is 1.82 bits per heavy atom. The smallest absolute Gasteiger partial charge is 0.283 e. The zero-order chi connectivity index (χ0) is 27.6. The number of hydrogen-bond acceptors (Lipinski definition) is 8. The first kappa shape index (κ1) is 27.1. The van der Waals surface area contributed by atoms with Crippen LogP contribution in [0.15, 0.2) is 58.1 Å². The van der Waals surface area contributed by atoms with Crippen molar-refractivity contribution in [2.75, 3.05) is 13.2 Å². The van der Waals surface area contributed by atoms with E-state index >= 15 is 0 Å². The molecule has 2 heterocycles. The summed E-state index contributed by atoms with van der Waals surface area (Å²) >= 11 is 1.25. The molecular weight excluding hydrogens is 506 g/mol. The summed E-state index contributed by atoms with van der Waals surface area (Å²) in [5.74, 6) is 0.356. The number of hydrogen-bond donors (Lipinski definition) is 1. The summed E-state index contributed by atoms with van der Waals surface area (Å²) in [7, 11) is 0. The zero-order valence-corrected chi connectivity index (χ0v) is 22.7. The van der Waals surface area contributed by atoms with Crippen LogP contribution in [0.4, 0.5) is 5.69 Å². The van der Waals surface area contributed by atoms with Crippen LogP contribution in [0, 0.1) is 21.4 Å². The number of amides is 1. The van der Waals surface area contributed by atoms with Crippen molar-refractivity contribution in [2.24, 2.45) is 16.0 Å². The molecule has 198 valence electrons. The van der Waals surface area contributed by atoms with Gasteiger partial charge in [0, 0.05) is 23.6 Å². The Morgan fingerprint density at radius 1 is 1.13 bits per heavy atom. The third kappa shape index (κ3) is 5.94. The standard InChI is InChI=1S/C27H29N5O5S/c1-16(2)25-30-31-23(28)21(24(33)29-26(31)38-25)15-17-14-19(32(34)35)8-11-22(17)37-13-12-36-20-9-6-18(7-10-20)27(3,4)5/h6-11,14-16,28H,12-13H2,1-5H3/b21-15-,28-23?. The first-order chi connectivity index (χ1) is 17.9. The summed E-state index contributed by atoms with van der Waals surface area (Å²) < 4.78 is 11.6. The van der Waals surface area contributed by atoms with E-state index in [1.165, 1.54) is 46.6 Å². The quantitative estimate of drug-likeness (QED) is 0.201. The number of nitrogens with zero attached hydrogens (tertiary/aromatic N) is 4. The van der Waals surface area contributed by atoms with Crippen LogP contribution in [-0.2, 0) is 10.2 Å². The third-order valence-corrected chi connectivity index (χ3v) is 7.01. The number of amidine groups is 2. The summed E-state index contributed by atoms with van der Waals surface area (Å²) in [5, 5.41) is 26.7. The number of benzene rings is 2. The van der Waals surface area contributed by atoms with Crippen molar-refractivity contribution >= 4 is 45.5 Å². The van der Waals surface area contributed by atoms with E-state index < -0.39 is 10.8 Å². The minimum Gasteiger partial charge on any atom is -0.490 e. The van der Waals surface area contributed by atoms with Crippen LogP contribution in [0.1, 0.15) is 45.7 Å². The topological polar surface area (TPSA) is 130 Å². The van der Waals surface area contributed by atoms with Crippen LogP contribution in [0.2, 0.25) is 0 Å². The molecule has 1 N–H and O–H groups in total. The van der Waals surface area contributed by atoms with Gasteiger partial charge in [-0.25, -0.2) is 0 Å². The van der Waals surface area contributed by atoms with Crippen LogP contribution in [-0.4, -0.2) is 45.1 Å². The Balaban J connectivity index is 1.51. The van der Waals surface area contributed by atoms with E-state index in [-0.39, 0.29) is 47.2 Å². The Labute approximate surface area is 225 Å². The van der Waals surface area contributed by atoms with Gasteiger partial charge >= 0.3 is 0 Å². The van der Waals surface area contributed by atoms with Crippen molar-refractivity contribution in [3.8, 4) is 11.5 Å². The molecule has 38 heavy (non-hydrogen) atoms. The Bertz CT molecular complexity index is 1370. The molecule has 0 spiro atoms. The molecule has 0 saturated heterocycles. The van der Waals surface area contributed by atoms with Crippen LogP contribution in [0.5, 0.6) is 11.5 Å². The SMILES string of the molecule is CC(C)C1=NN2C(=N)/C(=C/c3cc([N+](=O)[O-])ccc3OCCOc3ccc(C(C)(C)C)cc3)C(=O)N=C2S1. The Kier molecular flexibility index (Phi) is 7.68. The van der Waals surface area contributed by atoms with E-state index in [0.717, 1.165) is 5.04 Å². The molecule has 2 aliphatic rings. The van der Waals surface area contributed by atoms with Gasteiger partial charge in [0.1, 0.15) is 29.8 Å². The number of thioether (sulfide) groups is 1. The fourth-order valence-corrected chi connectivity index (χ4v) is 4.54. The number of non-ortho nitro benzene ring substituents is 1. The Hall–Kier alpha value is -3.99. The molecule has 0 radical (unpaired) electrons. The molecule has 11 heteroatoms. The molecule has 4 rings (SSSR count). The van der Waals surface area contributed by atoms with E-state index in [1.54, 1.807) is 0 Å².